The van der Waals surface area contributed by atoms with Crippen LogP contribution in [0.3, 0.4) is 0 Å². The number of amides is 1. The van der Waals surface area contributed by atoms with Gasteiger partial charge in [0, 0.05) is 12.0 Å². The van der Waals surface area contributed by atoms with Gasteiger partial charge in [-0.05, 0) is 30.5 Å². The Kier molecular flexibility index (Phi) is 4.35. The maximum Gasteiger partial charge on any atom is 0.417 e. The molecule has 3 rings (SSSR count). The van der Waals surface area contributed by atoms with Gasteiger partial charge in [0.2, 0.25) is 0 Å². The number of carbonyl (C=O) groups excluding carboxylic acids is 1. The summed E-state index contributed by atoms with van der Waals surface area (Å²) >= 11 is 0. The Balaban J connectivity index is 1.77. The topological polar surface area (TPSA) is 29.1 Å². The highest BCUT2D eigenvalue weighted by Gasteiger charge is 2.39. The summed E-state index contributed by atoms with van der Waals surface area (Å²) in [6.45, 7) is 0.349. The maximum absolute atomic E-state index is 13.0. The van der Waals surface area contributed by atoms with Gasteiger partial charge in [-0.25, -0.2) is 0 Å². The molecule has 0 heterocycles. The molecule has 126 valence electrons. The quantitative estimate of drug-likeness (QED) is 0.873. The predicted octanol–water partition coefficient (Wildman–Crippen LogP) is 4.56. The Morgan fingerprint density at radius 2 is 1.62 bits per heavy atom. The predicted molar refractivity (Wildman–Crippen MR) is 85.7 cm³/mol. The Morgan fingerprint density at radius 3 is 2.21 bits per heavy atom. The lowest BCUT2D eigenvalue weighted by Crippen LogP contribution is -2.45. The lowest BCUT2D eigenvalue weighted by molar-refractivity contribution is -0.137. The van der Waals surface area contributed by atoms with E-state index in [1.54, 1.807) is 0 Å². The Labute approximate surface area is 138 Å². The molecule has 1 aliphatic rings. The lowest BCUT2D eigenvalue weighted by Gasteiger charge is -2.42. The van der Waals surface area contributed by atoms with Gasteiger partial charge in [-0.1, -0.05) is 48.9 Å². The fourth-order valence-electron chi connectivity index (χ4n) is 3.24. The monoisotopic (exact) mass is 333 g/mol. The van der Waals surface area contributed by atoms with Gasteiger partial charge >= 0.3 is 6.18 Å². The molecule has 0 spiro atoms. The van der Waals surface area contributed by atoms with Crippen LogP contribution in [-0.2, 0) is 11.6 Å². The smallest absolute Gasteiger partial charge is 0.351 e. The van der Waals surface area contributed by atoms with E-state index in [4.69, 9.17) is 0 Å². The van der Waals surface area contributed by atoms with Crippen molar-refractivity contribution in [2.45, 2.75) is 30.9 Å². The summed E-state index contributed by atoms with van der Waals surface area (Å²) in [6, 6.07) is 14.7. The van der Waals surface area contributed by atoms with Gasteiger partial charge in [0.25, 0.3) is 5.91 Å². The van der Waals surface area contributed by atoms with E-state index in [0.717, 1.165) is 30.9 Å². The highest BCUT2D eigenvalue weighted by molar-refractivity contribution is 5.96. The van der Waals surface area contributed by atoms with Crippen LogP contribution in [0.15, 0.2) is 54.6 Å². The minimum absolute atomic E-state index is 0.163. The van der Waals surface area contributed by atoms with Crippen molar-refractivity contribution in [2.75, 3.05) is 6.54 Å². The van der Waals surface area contributed by atoms with E-state index in [-0.39, 0.29) is 11.0 Å². The van der Waals surface area contributed by atoms with Crippen LogP contribution in [0.4, 0.5) is 13.2 Å². The molecule has 1 fully saturated rings. The maximum atomic E-state index is 13.0. The van der Waals surface area contributed by atoms with Crippen molar-refractivity contribution in [2.24, 2.45) is 0 Å². The van der Waals surface area contributed by atoms with E-state index >= 15 is 0 Å². The van der Waals surface area contributed by atoms with Gasteiger partial charge in [-0.3, -0.25) is 4.79 Å². The molecule has 0 aromatic heterocycles. The van der Waals surface area contributed by atoms with E-state index in [1.807, 2.05) is 30.3 Å². The summed E-state index contributed by atoms with van der Waals surface area (Å²) < 4.78 is 39.1. The molecule has 0 atom stereocenters. The molecule has 1 aliphatic carbocycles. The summed E-state index contributed by atoms with van der Waals surface area (Å²) in [5, 5.41) is 2.71. The van der Waals surface area contributed by atoms with Crippen LogP contribution in [-0.4, -0.2) is 12.5 Å². The van der Waals surface area contributed by atoms with Crippen molar-refractivity contribution < 1.29 is 18.0 Å². The number of hydrogen-bond acceptors (Lipinski definition) is 1. The van der Waals surface area contributed by atoms with E-state index in [1.165, 1.54) is 18.2 Å². The number of hydrogen-bond donors (Lipinski definition) is 1. The first kappa shape index (κ1) is 16.6. The molecule has 2 nitrogen and oxygen atoms in total. The fourth-order valence-corrected chi connectivity index (χ4v) is 3.24. The normalized spacial score (nSPS) is 16.3. The van der Waals surface area contributed by atoms with Crippen LogP contribution >= 0.6 is 0 Å². The van der Waals surface area contributed by atoms with Gasteiger partial charge < -0.3 is 5.32 Å². The largest absolute Gasteiger partial charge is 0.417 e. The first-order chi connectivity index (χ1) is 11.4. The molecule has 0 radical (unpaired) electrons. The third-order valence-electron chi connectivity index (χ3n) is 4.76. The molecule has 1 N–H and O–H groups in total. The second-order valence-corrected chi connectivity index (χ2v) is 6.23. The van der Waals surface area contributed by atoms with Crippen LogP contribution < -0.4 is 5.32 Å². The Hall–Kier alpha value is -2.30. The summed E-state index contributed by atoms with van der Waals surface area (Å²) in [5.74, 6) is -0.676. The summed E-state index contributed by atoms with van der Waals surface area (Å²) in [4.78, 5) is 12.3. The van der Waals surface area contributed by atoms with Crippen LogP contribution in [0.1, 0.15) is 40.7 Å². The first-order valence-electron chi connectivity index (χ1n) is 7.92. The summed E-state index contributed by atoms with van der Waals surface area (Å²) in [5.41, 5.74) is -0.262. The Morgan fingerprint density at radius 1 is 1.00 bits per heavy atom. The Bertz CT molecular complexity index is 721. The second-order valence-electron chi connectivity index (χ2n) is 6.23. The molecular formula is C19H18F3NO. The molecule has 2 aromatic rings. The molecule has 5 heteroatoms. The molecule has 24 heavy (non-hydrogen) atoms. The highest BCUT2D eigenvalue weighted by atomic mass is 19.4. The first-order valence-corrected chi connectivity index (χ1v) is 7.92. The van der Waals surface area contributed by atoms with E-state index < -0.39 is 17.6 Å². The zero-order valence-electron chi connectivity index (χ0n) is 13.1. The minimum Gasteiger partial charge on any atom is -0.351 e. The van der Waals surface area contributed by atoms with Crippen LogP contribution in [0.25, 0.3) is 0 Å². The van der Waals surface area contributed by atoms with E-state index in [9.17, 15) is 18.0 Å². The number of nitrogens with one attached hydrogen (secondary N) is 1. The minimum atomic E-state index is -4.54. The number of carbonyl (C=O) groups is 1. The average molecular weight is 333 g/mol. The van der Waals surface area contributed by atoms with Crippen molar-refractivity contribution in [3.8, 4) is 0 Å². The molecule has 0 bridgehead atoms. The van der Waals surface area contributed by atoms with Crippen molar-refractivity contribution in [1.29, 1.82) is 0 Å². The number of rotatable bonds is 4. The lowest BCUT2D eigenvalue weighted by atomic mass is 9.64. The van der Waals surface area contributed by atoms with E-state index in [0.29, 0.717) is 6.54 Å². The standard InChI is InChI=1S/C19H18F3NO/c20-19(21,22)16-10-5-4-9-15(16)17(24)23-13-18(11-6-12-18)14-7-2-1-3-8-14/h1-5,7-10H,6,11-13H2,(H,23,24). The number of benzene rings is 2. The number of alkyl halides is 3. The van der Waals surface area contributed by atoms with E-state index in [2.05, 4.69) is 5.32 Å². The second kappa shape index (κ2) is 6.30. The third kappa shape index (κ3) is 3.16. The van der Waals surface area contributed by atoms with Crippen LogP contribution in [0, 0.1) is 0 Å². The van der Waals surface area contributed by atoms with Crippen molar-refractivity contribution >= 4 is 5.91 Å². The zero-order chi connectivity index (χ0) is 17.2. The SMILES string of the molecule is O=C(NCC1(c2ccccc2)CCC1)c1ccccc1C(F)(F)F. The van der Waals surface area contributed by atoms with Gasteiger partial charge in [-0.15, -0.1) is 0 Å². The molecule has 2 aromatic carbocycles. The van der Waals surface area contributed by atoms with Crippen molar-refractivity contribution in [3.05, 3.63) is 71.3 Å². The molecule has 0 aliphatic heterocycles. The van der Waals surface area contributed by atoms with Gasteiger partial charge in [-0.2, -0.15) is 13.2 Å². The average Bonchev–Trinajstić information content (AvgIpc) is 2.54. The third-order valence-corrected chi connectivity index (χ3v) is 4.76. The van der Waals surface area contributed by atoms with Crippen molar-refractivity contribution in [3.63, 3.8) is 0 Å². The summed E-state index contributed by atoms with van der Waals surface area (Å²) in [6.07, 6.45) is -1.62. The zero-order valence-corrected chi connectivity index (χ0v) is 13.1. The number of halogens is 3. The molecule has 1 amide bonds. The highest BCUT2D eigenvalue weighted by Crippen LogP contribution is 2.43. The van der Waals surface area contributed by atoms with Crippen LogP contribution in [0.2, 0.25) is 0 Å². The molecule has 1 saturated carbocycles. The fraction of sp³-hybridized carbons (Fsp3) is 0.316. The summed E-state index contributed by atoms with van der Waals surface area (Å²) in [7, 11) is 0. The molecule has 0 saturated heterocycles. The van der Waals surface area contributed by atoms with Gasteiger partial charge in [0.1, 0.15) is 0 Å². The van der Waals surface area contributed by atoms with Crippen molar-refractivity contribution in [1.82, 2.24) is 5.32 Å². The van der Waals surface area contributed by atoms with Gasteiger partial charge in [0.05, 0.1) is 11.1 Å². The van der Waals surface area contributed by atoms with Crippen LogP contribution in [0.5, 0.6) is 0 Å². The van der Waals surface area contributed by atoms with Gasteiger partial charge in [0.15, 0.2) is 0 Å². The molecule has 0 unspecified atom stereocenters. The molecular weight excluding hydrogens is 315 g/mol.